The predicted molar refractivity (Wildman–Crippen MR) is 133 cm³/mol. The number of rotatable bonds is 5. The zero-order valence-electron chi connectivity index (χ0n) is 18.5. The molecule has 4 heteroatoms. The van der Waals surface area contributed by atoms with Crippen LogP contribution in [0.15, 0.2) is 54.6 Å². The van der Waals surface area contributed by atoms with Gasteiger partial charge in [-0.05, 0) is 70.8 Å². The zero-order valence-corrected chi connectivity index (χ0v) is 20.1. The number of nitrogens with zero attached hydrogens (tertiary/aromatic N) is 2. The molecule has 0 atom stereocenters. The van der Waals surface area contributed by atoms with Gasteiger partial charge in [-0.15, -0.1) is 0 Å². The van der Waals surface area contributed by atoms with Crippen molar-refractivity contribution in [3.63, 3.8) is 0 Å². The van der Waals surface area contributed by atoms with Gasteiger partial charge in [0.25, 0.3) is 0 Å². The van der Waals surface area contributed by atoms with Gasteiger partial charge in [0.2, 0.25) is 0 Å². The van der Waals surface area contributed by atoms with Crippen LogP contribution in [0, 0.1) is 6.92 Å². The summed E-state index contributed by atoms with van der Waals surface area (Å²) in [5.74, 6) is 3.21. The second-order valence-corrected chi connectivity index (χ2v) is 11.5. The van der Waals surface area contributed by atoms with E-state index in [1.165, 1.54) is 58.4 Å². The van der Waals surface area contributed by atoms with Gasteiger partial charge in [-0.3, -0.25) is 4.90 Å². The second-order valence-electron chi connectivity index (χ2n) is 8.69. The molecule has 0 unspecified atom stereocenters. The molecule has 2 aromatic carbocycles. The molecular formula is C26H32ClN2S+. The Morgan fingerprint density at radius 3 is 2.20 bits per heavy atom. The fourth-order valence-electron chi connectivity index (χ4n) is 4.18. The first kappa shape index (κ1) is 21.5. The summed E-state index contributed by atoms with van der Waals surface area (Å²) in [7, 11) is 0.599. The number of hydrogen-bond acceptors (Lipinski definition) is 1. The summed E-state index contributed by atoms with van der Waals surface area (Å²) in [6.45, 7) is 10.2. The lowest BCUT2D eigenvalue weighted by Crippen LogP contribution is -2.39. The van der Waals surface area contributed by atoms with Crippen LogP contribution >= 0.6 is 11.6 Å². The molecule has 1 fully saturated rings. The van der Waals surface area contributed by atoms with Crippen molar-refractivity contribution < 1.29 is 0 Å². The van der Waals surface area contributed by atoms with Crippen LogP contribution in [0.2, 0.25) is 5.02 Å². The van der Waals surface area contributed by atoms with E-state index in [1.54, 1.807) is 0 Å². The minimum Gasteiger partial charge on any atom is -0.314 e. The summed E-state index contributed by atoms with van der Waals surface area (Å²) >= 11 is 6.17. The average molecular weight is 440 g/mol. The molecule has 1 aliphatic heterocycles. The Morgan fingerprint density at radius 2 is 1.60 bits per heavy atom. The lowest BCUT2D eigenvalue weighted by atomic mass is 10.0. The van der Waals surface area contributed by atoms with Crippen molar-refractivity contribution in [3.05, 3.63) is 76.4 Å². The van der Waals surface area contributed by atoms with Crippen molar-refractivity contribution in [2.45, 2.75) is 33.2 Å². The smallest absolute Gasteiger partial charge is 0.120 e. The molecule has 0 spiro atoms. The molecule has 0 N–H and O–H groups in total. The van der Waals surface area contributed by atoms with E-state index < -0.39 is 0 Å². The summed E-state index contributed by atoms with van der Waals surface area (Å²) in [5, 5.41) is 0.773. The largest absolute Gasteiger partial charge is 0.314 e. The van der Waals surface area contributed by atoms with Gasteiger partial charge in [-0.1, -0.05) is 49.7 Å². The third kappa shape index (κ3) is 4.64. The fourth-order valence-corrected chi connectivity index (χ4v) is 5.65. The van der Waals surface area contributed by atoms with Crippen molar-refractivity contribution in [1.29, 1.82) is 0 Å². The van der Waals surface area contributed by atoms with Crippen LogP contribution in [-0.4, -0.2) is 40.3 Å². The fraction of sp³-hybridized carbons (Fsp3) is 0.385. The molecule has 1 saturated heterocycles. The Kier molecular flexibility index (Phi) is 6.62. The number of hydrogen-bond donors (Lipinski definition) is 0. The minimum absolute atomic E-state index is 0.543. The van der Waals surface area contributed by atoms with E-state index in [4.69, 9.17) is 11.6 Å². The van der Waals surface area contributed by atoms with E-state index in [9.17, 15) is 0 Å². The molecule has 30 heavy (non-hydrogen) atoms. The van der Waals surface area contributed by atoms with E-state index in [-0.39, 0.29) is 0 Å². The molecule has 1 aromatic heterocycles. The average Bonchev–Trinajstić information content (AvgIpc) is 3.06. The van der Waals surface area contributed by atoms with Crippen molar-refractivity contribution in [1.82, 2.24) is 9.47 Å². The number of halogens is 1. The summed E-state index contributed by atoms with van der Waals surface area (Å²) in [4.78, 5) is 2.62. The second kappa shape index (κ2) is 9.21. The van der Waals surface area contributed by atoms with Gasteiger partial charge in [0.05, 0.1) is 11.9 Å². The molecule has 158 valence electrons. The normalized spacial score (nSPS) is 15.8. The van der Waals surface area contributed by atoms with Crippen molar-refractivity contribution in [2.75, 3.05) is 30.9 Å². The third-order valence-corrected chi connectivity index (χ3v) is 8.23. The predicted octanol–water partition coefficient (Wildman–Crippen LogP) is 6.29. The van der Waals surface area contributed by atoms with Crippen LogP contribution in [0.3, 0.4) is 0 Å². The van der Waals surface area contributed by atoms with Gasteiger partial charge >= 0.3 is 0 Å². The summed E-state index contributed by atoms with van der Waals surface area (Å²) in [6.07, 6.45) is 2.40. The van der Waals surface area contributed by atoms with Crippen molar-refractivity contribution in [3.8, 4) is 16.9 Å². The standard InChI is InChI=1S/C26H32ClN2S/c1-19(2)21-5-7-22(8-6-21)26-17-23(18-28-13-15-30(4)16-14-28)20(3)29(26)25-11-9-24(27)10-12-25/h5-12,17,19H,13-16,18H2,1-4H3/q+1. The summed E-state index contributed by atoms with van der Waals surface area (Å²) in [5.41, 5.74) is 7.81. The summed E-state index contributed by atoms with van der Waals surface area (Å²) < 4.78 is 2.39. The molecule has 0 bridgehead atoms. The molecule has 4 rings (SSSR count). The van der Waals surface area contributed by atoms with E-state index in [0.29, 0.717) is 16.8 Å². The highest BCUT2D eigenvalue weighted by atomic mass is 35.5. The SMILES string of the molecule is Cc1c(CN2CC[S+](C)CC2)cc(-c2ccc(C(C)C)cc2)n1-c1ccc(Cl)cc1. The Bertz CT molecular complexity index is 981. The number of aromatic nitrogens is 1. The lowest BCUT2D eigenvalue weighted by molar-refractivity contribution is 0.292. The summed E-state index contributed by atoms with van der Waals surface area (Å²) in [6, 6.07) is 19.7. The third-order valence-electron chi connectivity index (χ3n) is 6.22. The number of benzene rings is 2. The van der Waals surface area contributed by atoms with Crippen LogP contribution in [0.4, 0.5) is 0 Å². The van der Waals surface area contributed by atoms with Gasteiger partial charge < -0.3 is 4.57 Å². The Morgan fingerprint density at radius 1 is 0.967 bits per heavy atom. The first-order valence-electron chi connectivity index (χ1n) is 10.8. The Labute approximate surface area is 189 Å². The molecule has 0 amide bonds. The molecule has 2 heterocycles. The Balaban J connectivity index is 1.74. The van der Waals surface area contributed by atoms with Gasteiger partial charge in [-0.25, -0.2) is 0 Å². The maximum atomic E-state index is 6.17. The minimum atomic E-state index is 0.543. The highest BCUT2D eigenvalue weighted by Crippen LogP contribution is 2.32. The van der Waals surface area contributed by atoms with Crippen molar-refractivity contribution in [2.24, 2.45) is 0 Å². The van der Waals surface area contributed by atoms with Gasteiger partial charge in [-0.2, -0.15) is 0 Å². The van der Waals surface area contributed by atoms with Gasteiger partial charge in [0.1, 0.15) is 11.5 Å². The molecular weight excluding hydrogens is 408 g/mol. The monoisotopic (exact) mass is 439 g/mol. The van der Waals surface area contributed by atoms with Crippen LogP contribution in [0.1, 0.15) is 36.6 Å². The highest BCUT2D eigenvalue weighted by molar-refractivity contribution is 7.96. The lowest BCUT2D eigenvalue weighted by Gasteiger charge is -2.25. The highest BCUT2D eigenvalue weighted by Gasteiger charge is 2.24. The van der Waals surface area contributed by atoms with Crippen LogP contribution < -0.4 is 0 Å². The molecule has 0 radical (unpaired) electrons. The van der Waals surface area contributed by atoms with Gasteiger partial charge in [0, 0.05) is 36.0 Å². The molecule has 3 aromatic rings. The van der Waals surface area contributed by atoms with Crippen LogP contribution in [0.25, 0.3) is 16.9 Å². The molecule has 2 nitrogen and oxygen atoms in total. The van der Waals surface area contributed by atoms with Gasteiger partial charge in [0.15, 0.2) is 0 Å². The van der Waals surface area contributed by atoms with E-state index in [0.717, 1.165) is 11.6 Å². The van der Waals surface area contributed by atoms with E-state index in [1.807, 2.05) is 12.1 Å². The zero-order chi connectivity index (χ0) is 21.3. The quantitative estimate of drug-likeness (QED) is 0.424. The van der Waals surface area contributed by atoms with Crippen molar-refractivity contribution >= 4 is 22.5 Å². The maximum absolute atomic E-state index is 6.17. The van der Waals surface area contributed by atoms with Crippen LogP contribution in [0.5, 0.6) is 0 Å². The maximum Gasteiger partial charge on any atom is 0.120 e. The van der Waals surface area contributed by atoms with Crippen LogP contribution in [-0.2, 0) is 17.4 Å². The first-order chi connectivity index (χ1) is 14.4. The van der Waals surface area contributed by atoms with E-state index >= 15 is 0 Å². The Hall–Kier alpha value is -1.68. The molecule has 0 aliphatic carbocycles. The molecule has 1 aliphatic rings. The first-order valence-corrected chi connectivity index (χ1v) is 13.2. The van der Waals surface area contributed by atoms with E-state index in [2.05, 4.69) is 79.0 Å². The topological polar surface area (TPSA) is 8.17 Å². The molecule has 0 saturated carbocycles.